The average molecular weight is 237 g/mol. The van der Waals surface area contributed by atoms with Crippen molar-refractivity contribution in [3.8, 4) is 0 Å². The second kappa shape index (κ2) is 4.05. The Hall–Kier alpha value is -0.530. The summed E-state index contributed by atoms with van der Waals surface area (Å²) in [5, 5.41) is 11.0. The second-order valence-electron chi connectivity index (χ2n) is 5.35. The van der Waals surface area contributed by atoms with Gasteiger partial charge in [0.1, 0.15) is 0 Å². The van der Waals surface area contributed by atoms with E-state index in [9.17, 15) is 5.11 Å². The molecule has 3 unspecified atom stereocenters. The van der Waals surface area contributed by atoms with Gasteiger partial charge in [0, 0.05) is 11.4 Å². The fourth-order valence-electron chi connectivity index (χ4n) is 3.13. The van der Waals surface area contributed by atoms with Crippen molar-refractivity contribution in [2.45, 2.75) is 31.8 Å². The molecule has 1 N–H and O–H groups in total. The standard InChI is InChI=1S/C14H17ClO/c15-13-4-2-1-3-9(13)8-14(16)12-6-10-5-11(10)7-12/h1-4,10-12,14,16H,5-8H2. The van der Waals surface area contributed by atoms with Crippen LogP contribution >= 0.6 is 11.6 Å². The molecule has 2 fully saturated rings. The molecule has 3 rings (SSSR count). The lowest BCUT2D eigenvalue weighted by Crippen LogP contribution is -2.21. The van der Waals surface area contributed by atoms with E-state index in [2.05, 4.69) is 0 Å². The molecule has 1 nitrogen and oxygen atoms in total. The molecule has 0 radical (unpaired) electrons. The van der Waals surface area contributed by atoms with Crippen molar-refractivity contribution in [1.29, 1.82) is 0 Å². The monoisotopic (exact) mass is 236 g/mol. The van der Waals surface area contributed by atoms with E-state index in [-0.39, 0.29) is 6.10 Å². The smallest absolute Gasteiger partial charge is 0.0609 e. The van der Waals surface area contributed by atoms with Gasteiger partial charge >= 0.3 is 0 Å². The molecule has 2 aliphatic carbocycles. The number of halogens is 1. The molecule has 0 heterocycles. The van der Waals surface area contributed by atoms with Crippen LogP contribution in [0.5, 0.6) is 0 Å². The summed E-state index contributed by atoms with van der Waals surface area (Å²) in [6.45, 7) is 0. The Kier molecular flexibility index (Phi) is 2.68. The molecule has 0 aliphatic heterocycles. The van der Waals surface area contributed by atoms with E-state index in [0.29, 0.717) is 12.3 Å². The molecule has 0 saturated heterocycles. The number of fused-ring (bicyclic) bond motifs is 1. The highest BCUT2D eigenvalue weighted by Crippen LogP contribution is 2.55. The maximum Gasteiger partial charge on any atom is 0.0609 e. The molecular weight excluding hydrogens is 220 g/mol. The minimum absolute atomic E-state index is 0.201. The summed E-state index contributed by atoms with van der Waals surface area (Å²) in [7, 11) is 0. The van der Waals surface area contributed by atoms with Crippen LogP contribution in [0.3, 0.4) is 0 Å². The first-order valence-corrected chi connectivity index (χ1v) is 6.53. The van der Waals surface area contributed by atoms with Crippen LogP contribution in [0.4, 0.5) is 0 Å². The second-order valence-corrected chi connectivity index (χ2v) is 5.76. The van der Waals surface area contributed by atoms with Crippen LogP contribution < -0.4 is 0 Å². The highest BCUT2D eigenvalue weighted by Gasteiger charge is 2.47. The van der Waals surface area contributed by atoms with Gasteiger partial charge in [-0.2, -0.15) is 0 Å². The summed E-state index contributed by atoms with van der Waals surface area (Å²) in [5.74, 6) is 2.39. The maximum atomic E-state index is 10.2. The van der Waals surface area contributed by atoms with Gasteiger partial charge in [-0.15, -0.1) is 0 Å². The number of aliphatic hydroxyl groups excluding tert-OH is 1. The SMILES string of the molecule is OC(Cc1ccccc1Cl)C1CC2CC2C1. The molecule has 0 aromatic heterocycles. The largest absolute Gasteiger partial charge is 0.392 e. The molecule has 3 atom stereocenters. The van der Waals surface area contributed by atoms with E-state index >= 15 is 0 Å². The molecule has 1 aromatic rings. The van der Waals surface area contributed by atoms with Crippen molar-refractivity contribution in [2.24, 2.45) is 17.8 Å². The summed E-state index contributed by atoms with van der Waals surface area (Å²) >= 11 is 6.10. The van der Waals surface area contributed by atoms with Crippen LogP contribution in [-0.4, -0.2) is 11.2 Å². The fourth-order valence-corrected chi connectivity index (χ4v) is 3.34. The highest BCUT2D eigenvalue weighted by molar-refractivity contribution is 6.31. The third-order valence-corrected chi connectivity index (χ3v) is 4.58. The topological polar surface area (TPSA) is 20.2 Å². The Morgan fingerprint density at radius 3 is 2.56 bits per heavy atom. The van der Waals surface area contributed by atoms with Crippen molar-refractivity contribution in [3.05, 3.63) is 34.9 Å². The quantitative estimate of drug-likeness (QED) is 0.854. The molecule has 0 spiro atoms. The lowest BCUT2D eigenvalue weighted by molar-refractivity contribution is 0.104. The van der Waals surface area contributed by atoms with Crippen LogP contribution in [0.25, 0.3) is 0 Å². The van der Waals surface area contributed by atoms with Gasteiger partial charge in [-0.25, -0.2) is 0 Å². The van der Waals surface area contributed by atoms with Crippen LogP contribution in [0.2, 0.25) is 5.02 Å². The number of benzene rings is 1. The first kappa shape index (κ1) is 10.6. The number of rotatable bonds is 3. The van der Waals surface area contributed by atoms with E-state index in [1.165, 1.54) is 19.3 Å². The lowest BCUT2D eigenvalue weighted by atomic mass is 9.92. The van der Waals surface area contributed by atoms with E-state index in [1.807, 2.05) is 24.3 Å². The fraction of sp³-hybridized carbons (Fsp3) is 0.571. The van der Waals surface area contributed by atoms with E-state index in [1.54, 1.807) is 0 Å². The Balaban J connectivity index is 1.64. The summed E-state index contributed by atoms with van der Waals surface area (Å²) in [6.07, 6.45) is 4.39. The third kappa shape index (κ3) is 1.99. The van der Waals surface area contributed by atoms with Crippen molar-refractivity contribution >= 4 is 11.6 Å². The number of hydrogen-bond donors (Lipinski definition) is 1. The van der Waals surface area contributed by atoms with Gasteiger partial charge in [0.15, 0.2) is 0 Å². The molecule has 2 heteroatoms. The van der Waals surface area contributed by atoms with Gasteiger partial charge in [0.25, 0.3) is 0 Å². The van der Waals surface area contributed by atoms with E-state index in [4.69, 9.17) is 11.6 Å². The summed E-state index contributed by atoms with van der Waals surface area (Å²) in [5.41, 5.74) is 1.08. The Morgan fingerprint density at radius 1 is 1.19 bits per heavy atom. The molecular formula is C14H17ClO. The molecule has 0 bridgehead atoms. The van der Waals surface area contributed by atoms with Gasteiger partial charge in [0.05, 0.1) is 6.10 Å². The molecule has 2 saturated carbocycles. The number of hydrogen-bond acceptors (Lipinski definition) is 1. The molecule has 1 aromatic carbocycles. The van der Waals surface area contributed by atoms with Crippen LogP contribution in [-0.2, 0) is 6.42 Å². The average Bonchev–Trinajstić information content (AvgIpc) is 2.89. The molecule has 2 aliphatic rings. The van der Waals surface area contributed by atoms with Gasteiger partial charge < -0.3 is 5.11 Å². The zero-order chi connectivity index (χ0) is 11.1. The third-order valence-electron chi connectivity index (χ3n) is 4.21. The minimum Gasteiger partial charge on any atom is -0.392 e. The summed E-state index contributed by atoms with van der Waals surface area (Å²) in [4.78, 5) is 0. The normalized spacial score (nSPS) is 33.5. The molecule has 86 valence electrons. The Bertz CT molecular complexity index is 380. The van der Waals surface area contributed by atoms with Gasteiger partial charge in [-0.05, 0) is 48.6 Å². The van der Waals surface area contributed by atoms with Crippen LogP contribution in [0.1, 0.15) is 24.8 Å². The lowest BCUT2D eigenvalue weighted by Gasteiger charge is -2.19. The maximum absolute atomic E-state index is 10.2. The predicted octanol–water partition coefficient (Wildman–Crippen LogP) is 3.29. The van der Waals surface area contributed by atoms with Crippen LogP contribution in [0.15, 0.2) is 24.3 Å². The van der Waals surface area contributed by atoms with Gasteiger partial charge in [-0.1, -0.05) is 29.8 Å². The van der Waals surface area contributed by atoms with Gasteiger partial charge in [-0.3, -0.25) is 0 Å². The summed E-state index contributed by atoms with van der Waals surface area (Å²) < 4.78 is 0. The predicted molar refractivity (Wildman–Crippen MR) is 65.5 cm³/mol. The first-order valence-electron chi connectivity index (χ1n) is 6.15. The van der Waals surface area contributed by atoms with Gasteiger partial charge in [0.2, 0.25) is 0 Å². The highest BCUT2D eigenvalue weighted by atomic mass is 35.5. The van der Waals surface area contributed by atoms with Crippen LogP contribution in [0, 0.1) is 17.8 Å². The van der Waals surface area contributed by atoms with Crippen molar-refractivity contribution in [1.82, 2.24) is 0 Å². The molecule has 0 amide bonds. The first-order chi connectivity index (χ1) is 7.74. The minimum atomic E-state index is -0.201. The Labute approximate surface area is 101 Å². The van der Waals surface area contributed by atoms with E-state index < -0.39 is 0 Å². The Morgan fingerprint density at radius 2 is 1.88 bits per heavy atom. The molecule has 16 heavy (non-hydrogen) atoms. The summed E-state index contributed by atoms with van der Waals surface area (Å²) in [6, 6.07) is 7.83. The number of aliphatic hydroxyl groups is 1. The van der Waals surface area contributed by atoms with E-state index in [0.717, 1.165) is 22.4 Å². The van der Waals surface area contributed by atoms with Crippen molar-refractivity contribution in [3.63, 3.8) is 0 Å². The zero-order valence-electron chi connectivity index (χ0n) is 9.27. The van der Waals surface area contributed by atoms with Crippen molar-refractivity contribution < 1.29 is 5.11 Å². The van der Waals surface area contributed by atoms with Crippen molar-refractivity contribution in [2.75, 3.05) is 0 Å². The zero-order valence-corrected chi connectivity index (χ0v) is 10.0.